The first kappa shape index (κ1) is 14.2. The number of hydrogen-bond donors (Lipinski definition) is 1. The number of carbonyl (C=O) groups is 3. The molecule has 1 rings (SSSR count). The first-order chi connectivity index (χ1) is 8.10. The van der Waals surface area contributed by atoms with E-state index in [0.717, 1.165) is 18.2 Å². The molecule has 3 amide bonds. The van der Waals surface area contributed by atoms with Crippen LogP contribution in [0.25, 0.3) is 0 Å². The van der Waals surface area contributed by atoms with Crippen molar-refractivity contribution < 1.29 is 14.4 Å². The van der Waals surface area contributed by atoms with Crippen molar-refractivity contribution in [2.45, 2.75) is 38.6 Å². The number of carbonyl (C=O) groups excluding carboxylic acids is 3. The van der Waals surface area contributed by atoms with Gasteiger partial charge in [-0.15, -0.1) is 0 Å². The fraction of sp³-hybridized carbons (Fsp3) is 0.727. The molecular weight excluding hydrogens is 288 g/mol. The van der Waals surface area contributed by atoms with Crippen LogP contribution in [0.2, 0.25) is 0 Å². The van der Waals surface area contributed by atoms with Gasteiger partial charge in [0.05, 0.1) is 0 Å². The minimum atomic E-state index is -0.496. The standard InChI is InChI=1S/C11H17BrN2O3/c1-2-8-11(17)13-9(15)7-14(8)10(16)5-3-4-6-12/h8H,2-7H2,1H3,(H,13,15,17). The smallest absolute Gasteiger partial charge is 0.249 e. The molecule has 1 fully saturated rings. The van der Waals surface area contributed by atoms with E-state index in [1.165, 1.54) is 4.90 Å². The van der Waals surface area contributed by atoms with E-state index in [-0.39, 0.29) is 18.4 Å². The Kier molecular flexibility index (Phi) is 5.61. The van der Waals surface area contributed by atoms with Gasteiger partial charge in [-0.25, -0.2) is 0 Å². The third-order valence-electron chi connectivity index (χ3n) is 2.74. The number of amides is 3. The molecule has 1 atom stereocenters. The first-order valence-corrected chi connectivity index (χ1v) is 6.91. The van der Waals surface area contributed by atoms with Crippen molar-refractivity contribution in [3.05, 3.63) is 0 Å². The van der Waals surface area contributed by atoms with Crippen LogP contribution in [-0.4, -0.2) is 40.5 Å². The van der Waals surface area contributed by atoms with Crippen LogP contribution in [0.1, 0.15) is 32.6 Å². The van der Waals surface area contributed by atoms with Crippen molar-refractivity contribution >= 4 is 33.7 Å². The monoisotopic (exact) mass is 304 g/mol. The number of nitrogens with zero attached hydrogens (tertiary/aromatic N) is 1. The summed E-state index contributed by atoms with van der Waals surface area (Å²) < 4.78 is 0. The SMILES string of the molecule is CCC1C(=O)NC(=O)CN1C(=O)CCCCBr. The van der Waals surface area contributed by atoms with E-state index in [1.807, 2.05) is 6.92 Å². The average Bonchev–Trinajstić information content (AvgIpc) is 2.28. The maximum atomic E-state index is 11.9. The van der Waals surface area contributed by atoms with Crippen LogP contribution in [0.4, 0.5) is 0 Å². The summed E-state index contributed by atoms with van der Waals surface area (Å²) in [4.78, 5) is 36.1. The molecule has 0 aromatic rings. The normalized spacial score (nSPS) is 20.4. The molecule has 5 nitrogen and oxygen atoms in total. The summed E-state index contributed by atoms with van der Waals surface area (Å²) in [5, 5.41) is 3.11. The lowest BCUT2D eigenvalue weighted by atomic mass is 10.1. The van der Waals surface area contributed by atoms with Gasteiger partial charge in [0.1, 0.15) is 12.6 Å². The lowest BCUT2D eigenvalue weighted by Gasteiger charge is -2.33. The highest BCUT2D eigenvalue weighted by Crippen LogP contribution is 2.12. The Morgan fingerprint density at radius 3 is 2.76 bits per heavy atom. The summed E-state index contributed by atoms with van der Waals surface area (Å²) in [6.07, 6.45) is 2.61. The Morgan fingerprint density at radius 1 is 1.47 bits per heavy atom. The zero-order valence-corrected chi connectivity index (χ0v) is 11.5. The third-order valence-corrected chi connectivity index (χ3v) is 3.30. The van der Waals surface area contributed by atoms with Gasteiger partial charge in [0.25, 0.3) is 0 Å². The second-order valence-corrected chi connectivity index (χ2v) is 4.80. The number of unbranched alkanes of at least 4 members (excludes halogenated alkanes) is 1. The summed E-state index contributed by atoms with van der Waals surface area (Å²) in [6.45, 7) is 1.83. The van der Waals surface area contributed by atoms with E-state index in [4.69, 9.17) is 0 Å². The highest BCUT2D eigenvalue weighted by atomic mass is 79.9. The van der Waals surface area contributed by atoms with Gasteiger partial charge in [-0.1, -0.05) is 22.9 Å². The van der Waals surface area contributed by atoms with E-state index in [2.05, 4.69) is 21.2 Å². The van der Waals surface area contributed by atoms with E-state index < -0.39 is 11.9 Å². The second kappa shape index (κ2) is 6.74. The van der Waals surface area contributed by atoms with E-state index >= 15 is 0 Å². The zero-order valence-electron chi connectivity index (χ0n) is 9.87. The predicted molar refractivity (Wildman–Crippen MR) is 66.6 cm³/mol. The van der Waals surface area contributed by atoms with Crippen molar-refractivity contribution in [2.24, 2.45) is 0 Å². The molecule has 0 aliphatic carbocycles. The van der Waals surface area contributed by atoms with Crippen LogP contribution in [0.3, 0.4) is 0 Å². The molecule has 0 saturated carbocycles. The molecule has 1 N–H and O–H groups in total. The van der Waals surface area contributed by atoms with Gasteiger partial charge in [-0.2, -0.15) is 0 Å². The summed E-state index contributed by atoms with van der Waals surface area (Å²) in [5.41, 5.74) is 0. The quantitative estimate of drug-likeness (QED) is 0.464. The van der Waals surface area contributed by atoms with Gasteiger partial charge in [-0.05, 0) is 19.3 Å². The summed E-state index contributed by atoms with van der Waals surface area (Å²) in [6, 6.07) is -0.496. The van der Waals surface area contributed by atoms with Crippen molar-refractivity contribution in [1.82, 2.24) is 10.2 Å². The van der Waals surface area contributed by atoms with Gasteiger partial charge >= 0.3 is 0 Å². The van der Waals surface area contributed by atoms with E-state index in [0.29, 0.717) is 12.8 Å². The number of nitrogens with one attached hydrogen (secondary N) is 1. The number of piperazine rings is 1. The van der Waals surface area contributed by atoms with Gasteiger partial charge in [0.15, 0.2) is 0 Å². The van der Waals surface area contributed by atoms with Crippen LogP contribution >= 0.6 is 15.9 Å². The molecule has 0 radical (unpaired) electrons. The van der Waals surface area contributed by atoms with Crippen LogP contribution in [-0.2, 0) is 14.4 Å². The van der Waals surface area contributed by atoms with Crippen LogP contribution in [0.15, 0.2) is 0 Å². The van der Waals surface area contributed by atoms with Gasteiger partial charge in [0, 0.05) is 11.8 Å². The van der Waals surface area contributed by atoms with E-state index in [1.54, 1.807) is 0 Å². The molecule has 1 aliphatic rings. The second-order valence-electron chi connectivity index (χ2n) is 4.00. The summed E-state index contributed by atoms with van der Waals surface area (Å²) in [7, 11) is 0. The minimum absolute atomic E-state index is 0.00259. The van der Waals surface area contributed by atoms with Crippen molar-refractivity contribution in [3.8, 4) is 0 Å². The maximum Gasteiger partial charge on any atom is 0.249 e. The van der Waals surface area contributed by atoms with E-state index in [9.17, 15) is 14.4 Å². The molecule has 6 heteroatoms. The molecule has 96 valence electrons. The Balaban J connectivity index is 2.61. The lowest BCUT2D eigenvalue weighted by molar-refractivity contribution is -0.150. The number of alkyl halides is 1. The largest absolute Gasteiger partial charge is 0.321 e. The van der Waals surface area contributed by atoms with Crippen molar-refractivity contribution in [3.63, 3.8) is 0 Å². The highest BCUT2D eigenvalue weighted by Gasteiger charge is 2.34. The molecule has 0 aromatic heterocycles. The Labute approximate surface area is 109 Å². The summed E-state index contributed by atoms with van der Waals surface area (Å²) >= 11 is 3.30. The van der Waals surface area contributed by atoms with Crippen LogP contribution in [0.5, 0.6) is 0 Å². The molecule has 0 spiro atoms. The third kappa shape index (κ3) is 3.80. The van der Waals surface area contributed by atoms with Gasteiger partial charge in [-0.3, -0.25) is 19.7 Å². The molecule has 0 bridgehead atoms. The molecule has 1 saturated heterocycles. The van der Waals surface area contributed by atoms with Gasteiger partial charge in [0.2, 0.25) is 17.7 Å². The minimum Gasteiger partial charge on any atom is -0.321 e. The molecule has 17 heavy (non-hydrogen) atoms. The molecular formula is C11H17BrN2O3. The predicted octanol–water partition coefficient (Wildman–Crippen LogP) is 0.815. The topological polar surface area (TPSA) is 66.5 Å². The first-order valence-electron chi connectivity index (χ1n) is 5.79. The van der Waals surface area contributed by atoms with Crippen molar-refractivity contribution in [1.29, 1.82) is 0 Å². The molecule has 1 heterocycles. The molecule has 1 aliphatic heterocycles. The number of hydrogen-bond acceptors (Lipinski definition) is 3. The molecule has 0 aromatic carbocycles. The number of halogens is 1. The Morgan fingerprint density at radius 2 is 2.18 bits per heavy atom. The van der Waals surface area contributed by atoms with Crippen LogP contribution < -0.4 is 5.32 Å². The van der Waals surface area contributed by atoms with Crippen LogP contribution in [0, 0.1) is 0 Å². The lowest BCUT2D eigenvalue weighted by Crippen LogP contribution is -2.59. The Hall–Kier alpha value is -0.910. The summed E-state index contributed by atoms with van der Waals surface area (Å²) in [5.74, 6) is -0.868. The Bertz CT molecular complexity index is 320. The van der Waals surface area contributed by atoms with Crippen molar-refractivity contribution in [2.75, 3.05) is 11.9 Å². The fourth-order valence-corrected chi connectivity index (χ4v) is 2.25. The molecule has 1 unspecified atom stereocenters. The number of rotatable bonds is 5. The number of imide groups is 1. The fourth-order valence-electron chi connectivity index (χ4n) is 1.85. The highest BCUT2D eigenvalue weighted by molar-refractivity contribution is 9.09. The van der Waals surface area contributed by atoms with Gasteiger partial charge < -0.3 is 4.90 Å². The zero-order chi connectivity index (χ0) is 12.8. The average molecular weight is 305 g/mol. The maximum absolute atomic E-state index is 11.9.